The summed E-state index contributed by atoms with van der Waals surface area (Å²) in [6.07, 6.45) is 5.58. The lowest BCUT2D eigenvalue weighted by molar-refractivity contribution is 0.367. The van der Waals surface area contributed by atoms with Gasteiger partial charge in [-0.05, 0) is 37.3 Å². The monoisotopic (exact) mass is 183 g/mol. The van der Waals surface area contributed by atoms with Crippen molar-refractivity contribution in [1.82, 2.24) is 0 Å². The maximum absolute atomic E-state index is 4.59. The molecule has 1 nitrogen and oxygen atoms in total. The Morgan fingerprint density at radius 2 is 1.77 bits per heavy atom. The van der Waals surface area contributed by atoms with Crippen LogP contribution in [0.1, 0.15) is 53.9 Å². The van der Waals surface area contributed by atoms with Gasteiger partial charge >= 0.3 is 0 Å². The molecule has 1 heteroatoms. The molecule has 2 atom stereocenters. The molecule has 13 heavy (non-hydrogen) atoms. The molecule has 0 amide bonds. The molecule has 0 aliphatic heterocycles. The second-order valence-corrected chi connectivity index (χ2v) is 4.32. The molecule has 0 spiro atoms. The zero-order chi connectivity index (χ0) is 10.3. The molecule has 0 rings (SSSR count). The average Bonchev–Trinajstić information content (AvgIpc) is 2.04. The van der Waals surface area contributed by atoms with Gasteiger partial charge in [-0.3, -0.25) is 4.99 Å². The van der Waals surface area contributed by atoms with Gasteiger partial charge in [-0.1, -0.05) is 34.6 Å². The highest BCUT2D eigenvalue weighted by molar-refractivity contribution is 5.56. The third-order valence-corrected chi connectivity index (χ3v) is 2.40. The van der Waals surface area contributed by atoms with Gasteiger partial charge in [0.2, 0.25) is 0 Å². The zero-order valence-corrected chi connectivity index (χ0v) is 9.88. The van der Waals surface area contributed by atoms with Crippen molar-refractivity contribution < 1.29 is 0 Å². The van der Waals surface area contributed by atoms with Gasteiger partial charge in [-0.25, -0.2) is 0 Å². The van der Waals surface area contributed by atoms with Crippen molar-refractivity contribution in [3.63, 3.8) is 0 Å². The van der Waals surface area contributed by atoms with Gasteiger partial charge in [0.15, 0.2) is 0 Å². The number of hydrogen-bond donors (Lipinski definition) is 0. The molecule has 0 aliphatic rings. The lowest BCUT2D eigenvalue weighted by Crippen LogP contribution is -2.16. The molecule has 78 valence electrons. The topological polar surface area (TPSA) is 12.4 Å². The van der Waals surface area contributed by atoms with Gasteiger partial charge in [-0.2, -0.15) is 0 Å². The van der Waals surface area contributed by atoms with Crippen molar-refractivity contribution >= 4 is 6.21 Å². The first kappa shape index (κ1) is 12.7. The van der Waals surface area contributed by atoms with Gasteiger partial charge in [0, 0.05) is 0 Å². The van der Waals surface area contributed by atoms with E-state index in [-0.39, 0.29) is 0 Å². The number of aliphatic imine (C=N–C) groups is 1. The highest BCUT2D eigenvalue weighted by Crippen LogP contribution is 2.19. The molecular formula is C12H25N. The Labute approximate surface area is 83.6 Å². The standard InChI is InChI=1S/C12H25N/c1-6-8-13-12(7-2)11(5)9-10(3)4/h8,10-12H,6-7,9H2,1-5H3. The summed E-state index contributed by atoms with van der Waals surface area (Å²) in [6.45, 7) is 11.3. The Hall–Kier alpha value is -0.330. The SMILES string of the molecule is CCC=NC(CC)C(C)CC(C)C. The van der Waals surface area contributed by atoms with E-state index in [2.05, 4.69) is 45.8 Å². The van der Waals surface area contributed by atoms with Crippen LogP contribution < -0.4 is 0 Å². The van der Waals surface area contributed by atoms with Crippen LogP contribution in [0.15, 0.2) is 4.99 Å². The van der Waals surface area contributed by atoms with Gasteiger partial charge in [0.1, 0.15) is 0 Å². The highest BCUT2D eigenvalue weighted by Gasteiger charge is 2.14. The van der Waals surface area contributed by atoms with Crippen LogP contribution in [-0.2, 0) is 0 Å². The predicted octanol–water partition coefficient (Wildman–Crippen LogP) is 3.93. The summed E-state index contributed by atoms with van der Waals surface area (Å²) in [5.74, 6) is 1.52. The minimum Gasteiger partial charge on any atom is -0.294 e. The molecule has 0 heterocycles. The molecule has 0 N–H and O–H groups in total. The molecule has 2 unspecified atom stereocenters. The van der Waals surface area contributed by atoms with Crippen molar-refractivity contribution in [3.05, 3.63) is 0 Å². The maximum Gasteiger partial charge on any atom is 0.0518 e. The largest absolute Gasteiger partial charge is 0.294 e. The smallest absolute Gasteiger partial charge is 0.0518 e. The van der Waals surface area contributed by atoms with E-state index >= 15 is 0 Å². The molecule has 0 aromatic carbocycles. The number of rotatable bonds is 6. The Bertz CT molecular complexity index is 138. The van der Waals surface area contributed by atoms with E-state index < -0.39 is 0 Å². The first-order valence-corrected chi connectivity index (χ1v) is 5.63. The molecule has 0 saturated carbocycles. The van der Waals surface area contributed by atoms with Gasteiger partial charge in [-0.15, -0.1) is 0 Å². The van der Waals surface area contributed by atoms with Crippen LogP contribution in [0.25, 0.3) is 0 Å². The minimum absolute atomic E-state index is 0.544. The highest BCUT2D eigenvalue weighted by atomic mass is 14.8. The quantitative estimate of drug-likeness (QED) is 0.553. The molecule has 0 bridgehead atoms. The molecular weight excluding hydrogens is 158 g/mol. The summed E-state index contributed by atoms with van der Waals surface area (Å²) < 4.78 is 0. The molecule has 0 fully saturated rings. The van der Waals surface area contributed by atoms with Gasteiger partial charge < -0.3 is 0 Å². The fourth-order valence-corrected chi connectivity index (χ4v) is 1.80. The average molecular weight is 183 g/mol. The van der Waals surface area contributed by atoms with E-state index in [1.165, 1.54) is 12.8 Å². The third-order valence-electron chi connectivity index (χ3n) is 2.40. The Balaban J connectivity index is 3.98. The number of hydrogen-bond acceptors (Lipinski definition) is 1. The second-order valence-electron chi connectivity index (χ2n) is 4.32. The van der Waals surface area contributed by atoms with Crippen LogP contribution >= 0.6 is 0 Å². The van der Waals surface area contributed by atoms with Crippen LogP contribution in [0.5, 0.6) is 0 Å². The van der Waals surface area contributed by atoms with E-state index in [0.29, 0.717) is 6.04 Å². The van der Waals surface area contributed by atoms with Crippen molar-refractivity contribution in [3.8, 4) is 0 Å². The van der Waals surface area contributed by atoms with Gasteiger partial charge in [0.05, 0.1) is 6.04 Å². The van der Waals surface area contributed by atoms with E-state index in [9.17, 15) is 0 Å². The first-order valence-electron chi connectivity index (χ1n) is 5.63. The van der Waals surface area contributed by atoms with Gasteiger partial charge in [0.25, 0.3) is 0 Å². The van der Waals surface area contributed by atoms with Crippen molar-refractivity contribution in [2.75, 3.05) is 0 Å². The van der Waals surface area contributed by atoms with Crippen LogP contribution in [0.3, 0.4) is 0 Å². The fourth-order valence-electron chi connectivity index (χ4n) is 1.80. The van der Waals surface area contributed by atoms with Crippen LogP contribution in [-0.4, -0.2) is 12.3 Å². The first-order chi connectivity index (χ1) is 6.11. The number of nitrogens with zero attached hydrogens (tertiary/aromatic N) is 1. The lowest BCUT2D eigenvalue weighted by Gasteiger charge is -2.20. The Morgan fingerprint density at radius 1 is 1.15 bits per heavy atom. The molecule has 0 aromatic rings. The predicted molar refractivity (Wildman–Crippen MR) is 61.5 cm³/mol. The van der Waals surface area contributed by atoms with E-state index in [1.54, 1.807) is 0 Å². The Morgan fingerprint density at radius 3 is 2.15 bits per heavy atom. The molecule has 0 aliphatic carbocycles. The van der Waals surface area contributed by atoms with Crippen LogP contribution in [0.4, 0.5) is 0 Å². The molecule has 0 saturated heterocycles. The summed E-state index contributed by atoms with van der Waals surface area (Å²) in [4.78, 5) is 4.59. The summed E-state index contributed by atoms with van der Waals surface area (Å²) in [5, 5.41) is 0. The fraction of sp³-hybridized carbons (Fsp3) is 0.917. The second kappa shape index (κ2) is 7.11. The van der Waals surface area contributed by atoms with E-state index in [0.717, 1.165) is 18.3 Å². The lowest BCUT2D eigenvalue weighted by atomic mass is 9.91. The van der Waals surface area contributed by atoms with Crippen LogP contribution in [0, 0.1) is 11.8 Å². The van der Waals surface area contributed by atoms with E-state index in [4.69, 9.17) is 0 Å². The third kappa shape index (κ3) is 5.84. The van der Waals surface area contributed by atoms with Crippen LogP contribution in [0.2, 0.25) is 0 Å². The normalized spacial score (nSPS) is 16.8. The van der Waals surface area contributed by atoms with Crippen molar-refractivity contribution in [1.29, 1.82) is 0 Å². The minimum atomic E-state index is 0.544. The maximum atomic E-state index is 4.59. The summed E-state index contributed by atoms with van der Waals surface area (Å²) in [5.41, 5.74) is 0. The molecule has 0 radical (unpaired) electrons. The van der Waals surface area contributed by atoms with Crippen molar-refractivity contribution in [2.45, 2.75) is 59.9 Å². The van der Waals surface area contributed by atoms with E-state index in [1.807, 2.05) is 0 Å². The summed E-state index contributed by atoms with van der Waals surface area (Å²) in [7, 11) is 0. The molecule has 0 aromatic heterocycles. The zero-order valence-electron chi connectivity index (χ0n) is 9.88. The summed E-state index contributed by atoms with van der Waals surface area (Å²) >= 11 is 0. The van der Waals surface area contributed by atoms with Crippen molar-refractivity contribution in [2.24, 2.45) is 16.8 Å². The summed E-state index contributed by atoms with van der Waals surface area (Å²) in [6, 6.07) is 0.544. The Kier molecular flexibility index (Phi) is 6.93.